The number of rotatable bonds is 4. The molecule has 3 nitrogen and oxygen atoms in total. The van der Waals surface area contributed by atoms with Crippen LogP contribution in [0.25, 0.3) is 10.2 Å². The Morgan fingerprint density at radius 1 is 0.840 bits per heavy atom. The van der Waals surface area contributed by atoms with Crippen LogP contribution in [0.2, 0.25) is 0 Å². The fourth-order valence-electron chi connectivity index (χ4n) is 2.70. The van der Waals surface area contributed by atoms with Gasteiger partial charge >= 0.3 is 0 Å². The van der Waals surface area contributed by atoms with E-state index < -0.39 is 0 Å². The summed E-state index contributed by atoms with van der Waals surface area (Å²) in [6, 6.07) is 27.3. The second kappa shape index (κ2) is 6.87. The van der Waals surface area contributed by atoms with Crippen molar-refractivity contribution in [1.29, 1.82) is 0 Å². The van der Waals surface area contributed by atoms with Crippen LogP contribution in [0.15, 0.2) is 84.9 Å². The molecular weight excluding hydrogens is 328 g/mol. The number of hydrogen-bond acceptors (Lipinski definition) is 3. The Morgan fingerprint density at radius 3 is 2.20 bits per heavy atom. The van der Waals surface area contributed by atoms with Crippen LogP contribution in [0.1, 0.15) is 15.9 Å². The van der Waals surface area contributed by atoms with Gasteiger partial charge in [0, 0.05) is 5.56 Å². The van der Waals surface area contributed by atoms with Crippen LogP contribution in [-0.4, -0.2) is 10.9 Å². The minimum atomic E-state index is -0.0384. The molecule has 25 heavy (non-hydrogen) atoms. The maximum atomic E-state index is 13.1. The van der Waals surface area contributed by atoms with Crippen LogP contribution in [0.5, 0.6) is 0 Å². The topological polar surface area (TPSA) is 33.2 Å². The third-order valence-corrected chi connectivity index (χ3v) is 5.02. The van der Waals surface area contributed by atoms with Gasteiger partial charge in [-0.25, -0.2) is 4.98 Å². The zero-order valence-corrected chi connectivity index (χ0v) is 14.3. The SMILES string of the molecule is O=C(c1ccccc1)N(Cc1ccccc1)c1nc2ccccc2s1. The molecule has 0 radical (unpaired) electrons. The molecular formula is C21H16N2OS. The highest BCUT2D eigenvalue weighted by atomic mass is 32.1. The standard InChI is InChI=1S/C21H16N2OS/c24-20(17-11-5-2-6-12-17)23(15-16-9-3-1-4-10-16)21-22-18-13-7-8-14-19(18)25-21/h1-14H,15H2. The summed E-state index contributed by atoms with van der Waals surface area (Å²) in [7, 11) is 0. The Bertz CT molecular complexity index is 963. The number of benzene rings is 3. The number of nitrogens with zero attached hydrogens (tertiary/aromatic N) is 2. The second-order valence-electron chi connectivity index (χ2n) is 5.71. The third-order valence-electron chi connectivity index (χ3n) is 3.96. The first-order valence-corrected chi connectivity index (χ1v) is 8.89. The summed E-state index contributed by atoms with van der Waals surface area (Å²) in [4.78, 5) is 19.6. The molecule has 0 bridgehead atoms. The normalized spacial score (nSPS) is 10.7. The summed E-state index contributed by atoms with van der Waals surface area (Å²) in [5, 5.41) is 0.721. The zero-order valence-electron chi connectivity index (χ0n) is 13.5. The van der Waals surface area contributed by atoms with E-state index in [1.54, 1.807) is 16.2 Å². The van der Waals surface area contributed by atoms with E-state index in [1.807, 2.05) is 84.9 Å². The molecule has 4 aromatic rings. The van der Waals surface area contributed by atoms with E-state index in [9.17, 15) is 4.79 Å². The number of para-hydroxylation sites is 1. The van der Waals surface area contributed by atoms with Gasteiger partial charge in [-0.2, -0.15) is 0 Å². The predicted octanol–water partition coefficient (Wildman–Crippen LogP) is 5.14. The molecule has 0 atom stereocenters. The van der Waals surface area contributed by atoms with Gasteiger partial charge in [0.15, 0.2) is 5.13 Å². The van der Waals surface area contributed by atoms with Crippen LogP contribution < -0.4 is 4.90 Å². The van der Waals surface area contributed by atoms with Crippen molar-refractivity contribution in [2.45, 2.75) is 6.54 Å². The van der Waals surface area contributed by atoms with Crippen molar-refractivity contribution in [3.8, 4) is 0 Å². The van der Waals surface area contributed by atoms with Crippen molar-refractivity contribution < 1.29 is 4.79 Å². The lowest BCUT2D eigenvalue weighted by Gasteiger charge is -2.20. The Kier molecular flexibility index (Phi) is 4.27. The maximum absolute atomic E-state index is 13.1. The van der Waals surface area contributed by atoms with E-state index in [4.69, 9.17) is 0 Å². The molecule has 0 aliphatic carbocycles. The average molecular weight is 344 g/mol. The van der Waals surface area contributed by atoms with Crippen LogP contribution in [0.3, 0.4) is 0 Å². The number of aromatic nitrogens is 1. The fraction of sp³-hybridized carbons (Fsp3) is 0.0476. The van der Waals surface area contributed by atoms with Crippen molar-refractivity contribution in [1.82, 2.24) is 4.98 Å². The lowest BCUT2D eigenvalue weighted by atomic mass is 10.1. The molecule has 4 rings (SSSR count). The lowest BCUT2D eigenvalue weighted by Crippen LogP contribution is -2.30. The van der Waals surface area contributed by atoms with Crippen molar-refractivity contribution >= 4 is 32.6 Å². The van der Waals surface area contributed by atoms with Crippen molar-refractivity contribution in [2.24, 2.45) is 0 Å². The van der Waals surface area contributed by atoms with E-state index in [2.05, 4.69) is 4.98 Å². The van der Waals surface area contributed by atoms with Crippen molar-refractivity contribution in [3.05, 3.63) is 96.1 Å². The summed E-state index contributed by atoms with van der Waals surface area (Å²) < 4.78 is 1.08. The first kappa shape index (κ1) is 15.5. The Hall–Kier alpha value is -2.98. The summed E-state index contributed by atoms with van der Waals surface area (Å²) in [5.41, 5.74) is 2.66. The van der Waals surface area contributed by atoms with E-state index in [0.29, 0.717) is 12.1 Å². The van der Waals surface area contributed by atoms with Gasteiger partial charge in [-0.15, -0.1) is 0 Å². The number of carbonyl (C=O) groups excluding carboxylic acids is 1. The second-order valence-corrected chi connectivity index (χ2v) is 6.72. The number of anilines is 1. The Morgan fingerprint density at radius 2 is 1.48 bits per heavy atom. The van der Waals surface area contributed by atoms with E-state index >= 15 is 0 Å². The molecule has 1 amide bonds. The minimum Gasteiger partial charge on any atom is -0.279 e. The maximum Gasteiger partial charge on any atom is 0.260 e. The van der Waals surface area contributed by atoms with Crippen LogP contribution in [-0.2, 0) is 6.54 Å². The van der Waals surface area contributed by atoms with Gasteiger partial charge in [0.1, 0.15) is 0 Å². The first-order valence-electron chi connectivity index (χ1n) is 8.08. The summed E-state index contributed by atoms with van der Waals surface area (Å²) in [6.07, 6.45) is 0. The Balaban J connectivity index is 1.76. The largest absolute Gasteiger partial charge is 0.279 e. The molecule has 0 saturated heterocycles. The number of fused-ring (bicyclic) bond motifs is 1. The van der Waals surface area contributed by atoms with Gasteiger partial charge in [-0.3, -0.25) is 9.69 Å². The number of carbonyl (C=O) groups is 1. The molecule has 0 N–H and O–H groups in total. The van der Waals surface area contributed by atoms with Gasteiger partial charge in [0.2, 0.25) is 0 Å². The molecule has 3 aromatic carbocycles. The Labute approximate surface area is 150 Å². The van der Waals surface area contributed by atoms with Crippen LogP contribution in [0.4, 0.5) is 5.13 Å². The smallest absolute Gasteiger partial charge is 0.260 e. The van der Waals surface area contributed by atoms with Crippen LogP contribution >= 0.6 is 11.3 Å². The van der Waals surface area contributed by atoms with Gasteiger partial charge in [0.25, 0.3) is 5.91 Å². The summed E-state index contributed by atoms with van der Waals surface area (Å²) in [6.45, 7) is 0.494. The molecule has 1 heterocycles. The first-order chi connectivity index (χ1) is 12.3. The number of amides is 1. The molecule has 4 heteroatoms. The monoisotopic (exact) mass is 344 g/mol. The molecule has 0 spiro atoms. The molecule has 0 unspecified atom stereocenters. The predicted molar refractivity (Wildman–Crippen MR) is 103 cm³/mol. The highest BCUT2D eigenvalue weighted by Crippen LogP contribution is 2.30. The van der Waals surface area contributed by atoms with E-state index in [-0.39, 0.29) is 5.91 Å². The van der Waals surface area contributed by atoms with E-state index in [1.165, 1.54) is 0 Å². The fourth-order valence-corrected chi connectivity index (χ4v) is 3.67. The van der Waals surface area contributed by atoms with Gasteiger partial charge in [0.05, 0.1) is 16.8 Å². The molecule has 0 aliphatic heterocycles. The molecule has 0 saturated carbocycles. The summed E-state index contributed by atoms with van der Waals surface area (Å²) >= 11 is 1.54. The molecule has 0 aliphatic rings. The van der Waals surface area contributed by atoms with Crippen molar-refractivity contribution in [3.63, 3.8) is 0 Å². The van der Waals surface area contributed by atoms with Gasteiger partial charge in [-0.1, -0.05) is 72.0 Å². The molecule has 0 fully saturated rings. The highest BCUT2D eigenvalue weighted by molar-refractivity contribution is 7.22. The van der Waals surface area contributed by atoms with Gasteiger partial charge in [-0.05, 0) is 29.8 Å². The lowest BCUT2D eigenvalue weighted by molar-refractivity contribution is 0.0985. The number of thiazole rings is 1. The zero-order chi connectivity index (χ0) is 17.1. The molecule has 1 aromatic heterocycles. The number of hydrogen-bond donors (Lipinski definition) is 0. The van der Waals surface area contributed by atoms with E-state index in [0.717, 1.165) is 20.9 Å². The molecule has 122 valence electrons. The third kappa shape index (κ3) is 3.30. The van der Waals surface area contributed by atoms with Crippen LogP contribution in [0, 0.1) is 0 Å². The summed E-state index contributed by atoms with van der Waals surface area (Å²) in [5.74, 6) is -0.0384. The van der Waals surface area contributed by atoms with Gasteiger partial charge < -0.3 is 0 Å². The minimum absolute atomic E-state index is 0.0384. The van der Waals surface area contributed by atoms with Crippen molar-refractivity contribution in [2.75, 3.05) is 4.90 Å². The highest BCUT2D eigenvalue weighted by Gasteiger charge is 2.21. The quantitative estimate of drug-likeness (QED) is 0.513. The average Bonchev–Trinajstić information content (AvgIpc) is 3.11.